The maximum Gasteiger partial charge on any atom is 0.338 e. The summed E-state index contributed by atoms with van der Waals surface area (Å²) < 4.78 is 4.91. The van der Waals surface area contributed by atoms with Gasteiger partial charge in [-0.15, -0.1) is 0 Å². The second kappa shape index (κ2) is 7.02. The number of carbonyl (C=O) groups is 3. The Morgan fingerprint density at radius 3 is 2.43 bits per heavy atom. The van der Waals surface area contributed by atoms with E-state index in [0.717, 1.165) is 0 Å². The van der Waals surface area contributed by atoms with Gasteiger partial charge in [0.15, 0.2) is 0 Å². The molecular weight excluding hydrogens is 270 g/mol. The van der Waals surface area contributed by atoms with Gasteiger partial charge in [0.1, 0.15) is 6.29 Å². The number of carbonyl (C=O) groups excluding carboxylic acids is 3. The first-order valence-electron chi connectivity index (χ1n) is 6.93. The number of aldehydes is 1. The van der Waals surface area contributed by atoms with Crippen molar-refractivity contribution in [3.8, 4) is 0 Å². The Morgan fingerprint density at radius 1 is 1.24 bits per heavy atom. The first kappa shape index (κ1) is 16.9. The third-order valence-corrected chi connectivity index (χ3v) is 3.36. The predicted molar refractivity (Wildman–Crippen MR) is 80.5 cm³/mol. The van der Waals surface area contributed by atoms with E-state index in [1.165, 1.54) is 18.2 Å². The molecule has 5 nitrogen and oxygen atoms in total. The van der Waals surface area contributed by atoms with Crippen LogP contribution in [0.15, 0.2) is 18.2 Å². The van der Waals surface area contributed by atoms with E-state index in [1.54, 1.807) is 6.92 Å². The van der Waals surface area contributed by atoms with Crippen molar-refractivity contribution >= 4 is 23.9 Å². The molecule has 0 radical (unpaired) electrons. The molecule has 1 rings (SSSR count). The quantitative estimate of drug-likeness (QED) is 0.646. The molecule has 0 saturated heterocycles. The van der Waals surface area contributed by atoms with Gasteiger partial charge in [0.2, 0.25) is 5.91 Å². The lowest BCUT2D eigenvalue weighted by molar-refractivity contribution is -0.124. The highest BCUT2D eigenvalue weighted by Gasteiger charge is 2.25. The summed E-state index contributed by atoms with van der Waals surface area (Å²) in [7, 11) is 0. The van der Waals surface area contributed by atoms with Gasteiger partial charge in [0.05, 0.1) is 12.2 Å². The van der Waals surface area contributed by atoms with Crippen LogP contribution in [0.1, 0.15) is 54.8 Å². The van der Waals surface area contributed by atoms with Crippen molar-refractivity contribution in [2.75, 3.05) is 11.9 Å². The monoisotopic (exact) mass is 291 g/mol. The van der Waals surface area contributed by atoms with E-state index in [-0.39, 0.29) is 18.1 Å². The number of amides is 1. The molecule has 0 heterocycles. The van der Waals surface area contributed by atoms with Crippen molar-refractivity contribution in [2.45, 2.75) is 34.1 Å². The Bertz CT molecular complexity index is 549. The zero-order chi connectivity index (χ0) is 16.0. The molecule has 21 heavy (non-hydrogen) atoms. The average molecular weight is 291 g/mol. The highest BCUT2D eigenvalue weighted by Crippen LogP contribution is 2.23. The maximum absolute atomic E-state index is 12.2. The van der Waals surface area contributed by atoms with Gasteiger partial charge in [-0.2, -0.15) is 0 Å². The van der Waals surface area contributed by atoms with E-state index in [2.05, 4.69) is 5.32 Å². The number of benzene rings is 1. The molecule has 1 aromatic carbocycles. The summed E-state index contributed by atoms with van der Waals surface area (Å²) in [4.78, 5) is 34.9. The zero-order valence-electron chi connectivity index (χ0n) is 12.9. The van der Waals surface area contributed by atoms with Crippen molar-refractivity contribution in [1.82, 2.24) is 0 Å². The lowest BCUT2D eigenvalue weighted by Crippen LogP contribution is -2.30. The fraction of sp³-hybridized carbons (Fsp3) is 0.438. The molecule has 0 unspecified atom stereocenters. The molecule has 1 N–H and O–H groups in total. The normalized spacial score (nSPS) is 10.9. The second-order valence-corrected chi connectivity index (χ2v) is 5.37. The standard InChI is InChI=1S/C16H21NO4/c1-5-16(3,4)15(20)17-13-8-11(10-18)7-12(9-13)14(19)21-6-2/h7-10H,5-6H2,1-4H3,(H,17,20). The van der Waals surface area contributed by atoms with Crippen LogP contribution in [0.5, 0.6) is 0 Å². The maximum atomic E-state index is 12.2. The van der Waals surface area contributed by atoms with Gasteiger partial charge in [0, 0.05) is 16.7 Å². The minimum atomic E-state index is -0.527. The molecule has 5 heteroatoms. The van der Waals surface area contributed by atoms with Gasteiger partial charge in [0.25, 0.3) is 0 Å². The first-order valence-corrected chi connectivity index (χ1v) is 6.93. The van der Waals surface area contributed by atoms with E-state index in [0.29, 0.717) is 24.0 Å². The van der Waals surface area contributed by atoms with Crippen LogP contribution >= 0.6 is 0 Å². The summed E-state index contributed by atoms with van der Waals surface area (Å²) in [5.74, 6) is -0.686. The van der Waals surface area contributed by atoms with Crippen LogP contribution in [-0.2, 0) is 9.53 Å². The highest BCUT2D eigenvalue weighted by molar-refractivity contribution is 5.98. The van der Waals surface area contributed by atoms with E-state index in [4.69, 9.17) is 4.74 Å². The van der Waals surface area contributed by atoms with Gasteiger partial charge in [-0.05, 0) is 31.5 Å². The Labute approximate surface area is 124 Å². The summed E-state index contributed by atoms with van der Waals surface area (Å²) >= 11 is 0. The summed E-state index contributed by atoms with van der Waals surface area (Å²) in [6, 6.07) is 4.47. The van der Waals surface area contributed by atoms with Gasteiger partial charge < -0.3 is 10.1 Å². The van der Waals surface area contributed by atoms with E-state index in [9.17, 15) is 14.4 Å². The van der Waals surface area contributed by atoms with Crippen LogP contribution in [0, 0.1) is 5.41 Å². The van der Waals surface area contributed by atoms with Crippen molar-refractivity contribution in [3.05, 3.63) is 29.3 Å². The van der Waals surface area contributed by atoms with Crippen molar-refractivity contribution in [1.29, 1.82) is 0 Å². The third kappa shape index (κ3) is 4.41. The largest absolute Gasteiger partial charge is 0.462 e. The Hall–Kier alpha value is -2.17. The number of nitrogens with one attached hydrogen (secondary N) is 1. The summed E-state index contributed by atoms with van der Waals surface area (Å²) in [6.45, 7) is 7.53. The molecule has 0 fully saturated rings. The molecule has 0 aliphatic rings. The van der Waals surface area contributed by atoms with E-state index in [1.807, 2.05) is 20.8 Å². The third-order valence-electron chi connectivity index (χ3n) is 3.36. The molecule has 1 amide bonds. The van der Waals surface area contributed by atoms with Crippen molar-refractivity contribution < 1.29 is 19.1 Å². The lowest BCUT2D eigenvalue weighted by Gasteiger charge is -2.21. The molecule has 0 aliphatic carbocycles. The first-order chi connectivity index (χ1) is 9.83. The number of anilines is 1. The lowest BCUT2D eigenvalue weighted by atomic mass is 9.89. The minimum absolute atomic E-state index is 0.164. The molecular formula is C16H21NO4. The summed E-state index contributed by atoms with van der Waals surface area (Å²) in [5, 5.41) is 2.74. The van der Waals surface area contributed by atoms with Crippen molar-refractivity contribution in [3.63, 3.8) is 0 Å². The Morgan fingerprint density at radius 2 is 1.90 bits per heavy atom. The van der Waals surface area contributed by atoms with Crippen LogP contribution < -0.4 is 5.32 Å². The molecule has 1 aromatic rings. The van der Waals surface area contributed by atoms with Crippen LogP contribution in [0.4, 0.5) is 5.69 Å². The number of ether oxygens (including phenoxy) is 1. The Balaban J connectivity index is 3.07. The molecule has 114 valence electrons. The fourth-order valence-corrected chi connectivity index (χ4v) is 1.58. The molecule has 0 aliphatic heterocycles. The van der Waals surface area contributed by atoms with Gasteiger partial charge in [-0.1, -0.05) is 20.8 Å². The number of rotatable bonds is 6. The van der Waals surface area contributed by atoms with Crippen LogP contribution in [-0.4, -0.2) is 24.8 Å². The summed E-state index contributed by atoms with van der Waals surface area (Å²) in [5.41, 5.74) is 0.437. The average Bonchev–Trinajstić information content (AvgIpc) is 2.46. The van der Waals surface area contributed by atoms with E-state index < -0.39 is 11.4 Å². The number of hydrogen-bond donors (Lipinski definition) is 1. The molecule has 0 atom stereocenters. The van der Waals surface area contributed by atoms with Gasteiger partial charge in [-0.3, -0.25) is 9.59 Å². The topological polar surface area (TPSA) is 72.5 Å². The van der Waals surface area contributed by atoms with Gasteiger partial charge >= 0.3 is 5.97 Å². The van der Waals surface area contributed by atoms with Crippen molar-refractivity contribution in [2.24, 2.45) is 5.41 Å². The van der Waals surface area contributed by atoms with Crippen LogP contribution in [0.3, 0.4) is 0 Å². The SMILES string of the molecule is CCOC(=O)c1cc(C=O)cc(NC(=O)C(C)(C)CC)c1. The fourth-order valence-electron chi connectivity index (χ4n) is 1.58. The van der Waals surface area contributed by atoms with Gasteiger partial charge in [-0.25, -0.2) is 4.79 Å². The van der Waals surface area contributed by atoms with E-state index >= 15 is 0 Å². The van der Waals surface area contributed by atoms with Crippen LogP contribution in [0.25, 0.3) is 0 Å². The highest BCUT2D eigenvalue weighted by atomic mass is 16.5. The Kier molecular flexibility index (Phi) is 5.64. The number of hydrogen-bond acceptors (Lipinski definition) is 4. The van der Waals surface area contributed by atoms with Crippen LogP contribution in [0.2, 0.25) is 0 Å². The number of esters is 1. The minimum Gasteiger partial charge on any atom is -0.462 e. The zero-order valence-corrected chi connectivity index (χ0v) is 12.9. The smallest absolute Gasteiger partial charge is 0.338 e. The predicted octanol–water partition coefficient (Wildman–Crippen LogP) is 3.05. The summed E-state index contributed by atoms with van der Waals surface area (Å²) in [6.07, 6.45) is 1.31. The molecule has 0 bridgehead atoms. The molecule has 0 aromatic heterocycles. The molecule has 0 saturated carbocycles. The second-order valence-electron chi connectivity index (χ2n) is 5.37. The molecule has 0 spiro atoms.